The van der Waals surface area contributed by atoms with Crippen molar-refractivity contribution in [2.45, 2.75) is 19.9 Å². The molecule has 0 saturated heterocycles. The third-order valence-electron chi connectivity index (χ3n) is 6.89. The van der Waals surface area contributed by atoms with Crippen molar-refractivity contribution in [2.24, 2.45) is 5.10 Å². The number of fused-ring (bicyclic) bond motifs is 3. The summed E-state index contributed by atoms with van der Waals surface area (Å²) in [6.45, 7) is 3.70. The fourth-order valence-electron chi connectivity index (χ4n) is 4.99. The van der Waals surface area contributed by atoms with Crippen LogP contribution in [0.25, 0.3) is 44.4 Å². The van der Waals surface area contributed by atoms with Gasteiger partial charge in [0.1, 0.15) is 11.6 Å². The van der Waals surface area contributed by atoms with Crippen LogP contribution in [0.1, 0.15) is 24.2 Å². The quantitative estimate of drug-likeness (QED) is 0.188. The van der Waals surface area contributed by atoms with E-state index < -0.39 is 6.04 Å². The molecule has 0 amide bonds. The molecule has 194 valence electrons. The normalized spacial score (nSPS) is 12.6. The Kier molecular flexibility index (Phi) is 6.04. The van der Waals surface area contributed by atoms with E-state index in [2.05, 4.69) is 5.10 Å². The molecule has 9 heteroatoms. The Labute approximate surface area is 227 Å². The number of hydrogen-bond donors (Lipinski definition) is 0. The first-order valence-corrected chi connectivity index (χ1v) is 12.7. The summed E-state index contributed by atoms with van der Waals surface area (Å²) >= 11 is 6.17. The summed E-state index contributed by atoms with van der Waals surface area (Å²) in [5.41, 5.74) is 3.23. The van der Waals surface area contributed by atoms with E-state index in [0.717, 1.165) is 27.5 Å². The highest BCUT2D eigenvalue weighted by molar-refractivity contribution is 6.31. The van der Waals surface area contributed by atoms with Crippen molar-refractivity contribution in [1.82, 2.24) is 14.2 Å². The van der Waals surface area contributed by atoms with Crippen molar-refractivity contribution in [3.63, 3.8) is 0 Å². The van der Waals surface area contributed by atoms with Gasteiger partial charge in [0.25, 0.3) is 5.56 Å². The van der Waals surface area contributed by atoms with Gasteiger partial charge in [0.2, 0.25) is 5.82 Å². The van der Waals surface area contributed by atoms with Crippen LogP contribution in [-0.2, 0) is 9.53 Å². The van der Waals surface area contributed by atoms with Crippen LogP contribution in [0, 0.1) is 6.92 Å². The molecule has 0 saturated carbocycles. The summed E-state index contributed by atoms with van der Waals surface area (Å²) in [6.07, 6.45) is 1.62. The molecular formula is C30H23ClN4O4. The van der Waals surface area contributed by atoms with Gasteiger partial charge in [-0.2, -0.15) is 9.78 Å². The fraction of sp³-hybridized carbons (Fsp3) is 0.133. The van der Waals surface area contributed by atoms with Crippen LogP contribution in [0.15, 0.2) is 87.1 Å². The van der Waals surface area contributed by atoms with Crippen molar-refractivity contribution in [3.05, 3.63) is 99.4 Å². The Morgan fingerprint density at radius 1 is 1.08 bits per heavy atom. The number of benzene rings is 3. The third-order valence-corrected chi connectivity index (χ3v) is 7.12. The van der Waals surface area contributed by atoms with Gasteiger partial charge in [0.05, 0.1) is 24.2 Å². The largest absolute Gasteiger partial charge is 0.467 e. The van der Waals surface area contributed by atoms with E-state index >= 15 is 0 Å². The number of aromatic nitrogens is 3. The number of esters is 1. The number of rotatable bonds is 5. The van der Waals surface area contributed by atoms with Crippen LogP contribution in [0.3, 0.4) is 0 Å². The molecule has 0 bridgehead atoms. The maximum atomic E-state index is 13.7. The van der Waals surface area contributed by atoms with Crippen LogP contribution < -0.4 is 5.56 Å². The lowest BCUT2D eigenvalue weighted by atomic mass is 10.1. The van der Waals surface area contributed by atoms with Gasteiger partial charge >= 0.3 is 5.97 Å². The van der Waals surface area contributed by atoms with E-state index in [9.17, 15) is 9.59 Å². The zero-order chi connectivity index (χ0) is 27.3. The maximum absolute atomic E-state index is 13.7. The monoisotopic (exact) mass is 538 g/mol. The Balaban J connectivity index is 1.57. The number of hydrogen-bond acceptors (Lipinski definition) is 6. The molecule has 39 heavy (non-hydrogen) atoms. The second-order valence-electron chi connectivity index (χ2n) is 9.19. The second-order valence-corrected chi connectivity index (χ2v) is 9.63. The molecule has 3 aromatic carbocycles. The minimum Gasteiger partial charge on any atom is -0.467 e. The van der Waals surface area contributed by atoms with Gasteiger partial charge in [-0.25, -0.2) is 9.78 Å². The molecule has 0 aliphatic carbocycles. The van der Waals surface area contributed by atoms with Crippen LogP contribution in [0.5, 0.6) is 0 Å². The molecule has 0 fully saturated rings. The van der Waals surface area contributed by atoms with E-state index in [4.69, 9.17) is 25.7 Å². The van der Waals surface area contributed by atoms with Crippen molar-refractivity contribution in [3.8, 4) is 11.6 Å². The second kappa shape index (κ2) is 9.56. The van der Waals surface area contributed by atoms with Crippen molar-refractivity contribution in [2.75, 3.05) is 7.11 Å². The predicted octanol–water partition coefficient (Wildman–Crippen LogP) is 6.34. The summed E-state index contributed by atoms with van der Waals surface area (Å²) in [6, 6.07) is 21.4. The summed E-state index contributed by atoms with van der Waals surface area (Å²) in [5.74, 6) is 0.280. The van der Waals surface area contributed by atoms with Crippen LogP contribution in [0.2, 0.25) is 5.02 Å². The van der Waals surface area contributed by atoms with Crippen molar-refractivity contribution in [1.29, 1.82) is 0 Å². The lowest BCUT2D eigenvalue weighted by Gasteiger charge is -2.15. The Morgan fingerprint density at radius 2 is 1.82 bits per heavy atom. The molecule has 1 atom stereocenters. The topological polar surface area (TPSA) is 91.6 Å². The molecule has 3 aromatic heterocycles. The van der Waals surface area contributed by atoms with E-state index in [1.165, 1.54) is 11.8 Å². The smallest absolute Gasteiger partial charge is 0.328 e. The number of nitrogens with zero attached hydrogens (tertiary/aromatic N) is 4. The van der Waals surface area contributed by atoms with E-state index in [1.807, 2.05) is 41.8 Å². The van der Waals surface area contributed by atoms with E-state index in [0.29, 0.717) is 27.3 Å². The first kappa shape index (κ1) is 24.6. The lowest BCUT2D eigenvalue weighted by Crippen LogP contribution is -2.20. The van der Waals surface area contributed by atoms with E-state index in [1.54, 1.807) is 55.6 Å². The highest BCUT2D eigenvalue weighted by atomic mass is 35.5. The molecule has 0 aliphatic rings. The standard InChI is InChI=1S/C30H23ClN4O4/c1-17-23(21-8-5-7-11-25(21)34(17)18(2)30(37)38-3)16-32-35-28(33-24-10-6-4-9-22(24)29(35)36)27-15-19-14-20(31)12-13-26(19)39-27/h4-16,18H,1-3H3/t18-/m0/s1. The SMILES string of the molecule is COC(=O)[C@H](C)n1c(C)c(C=Nn2c(-c3cc4cc(Cl)ccc4o3)nc3ccccc3c2=O)c2ccccc21. The number of carbonyl (C=O) groups excluding carboxylic acids is 1. The third kappa shape index (κ3) is 4.09. The number of methoxy groups -OCH3 is 1. The van der Waals surface area contributed by atoms with E-state index in [-0.39, 0.29) is 17.4 Å². The average Bonchev–Trinajstić information content (AvgIpc) is 3.49. The zero-order valence-electron chi connectivity index (χ0n) is 21.4. The minimum absolute atomic E-state index is 0.256. The molecular weight excluding hydrogens is 516 g/mol. The van der Waals surface area contributed by atoms with Gasteiger partial charge < -0.3 is 13.7 Å². The Hall–Kier alpha value is -4.69. The van der Waals surface area contributed by atoms with Crippen molar-refractivity contribution >= 4 is 56.6 Å². The van der Waals surface area contributed by atoms with Gasteiger partial charge in [-0.3, -0.25) is 4.79 Å². The van der Waals surface area contributed by atoms with Gasteiger partial charge in [0.15, 0.2) is 5.76 Å². The number of halogens is 1. The van der Waals surface area contributed by atoms with Crippen LogP contribution in [0.4, 0.5) is 0 Å². The molecule has 6 aromatic rings. The molecule has 0 spiro atoms. The molecule has 3 heterocycles. The number of para-hydroxylation sites is 2. The lowest BCUT2D eigenvalue weighted by molar-refractivity contribution is -0.143. The van der Waals surface area contributed by atoms with Gasteiger partial charge in [-0.1, -0.05) is 41.9 Å². The fourth-order valence-corrected chi connectivity index (χ4v) is 5.17. The average molecular weight is 539 g/mol. The van der Waals surface area contributed by atoms with Crippen LogP contribution >= 0.6 is 11.6 Å². The number of carbonyl (C=O) groups is 1. The highest BCUT2D eigenvalue weighted by Crippen LogP contribution is 2.31. The van der Waals surface area contributed by atoms with Crippen LogP contribution in [-0.4, -0.2) is 33.5 Å². The molecule has 0 unspecified atom stereocenters. The summed E-state index contributed by atoms with van der Waals surface area (Å²) in [5, 5.41) is 7.31. The van der Waals surface area contributed by atoms with Crippen molar-refractivity contribution < 1.29 is 13.9 Å². The summed E-state index contributed by atoms with van der Waals surface area (Å²) in [7, 11) is 1.37. The molecule has 0 N–H and O–H groups in total. The maximum Gasteiger partial charge on any atom is 0.328 e. The summed E-state index contributed by atoms with van der Waals surface area (Å²) < 4.78 is 14.2. The number of ether oxygens (including phenoxy) is 1. The Bertz CT molecular complexity index is 2000. The molecule has 0 radical (unpaired) electrons. The zero-order valence-corrected chi connectivity index (χ0v) is 22.1. The molecule has 6 rings (SSSR count). The number of furan rings is 1. The highest BCUT2D eigenvalue weighted by Gasteiger charge is 2.23. The van der Waals surface area contributed by atoms with Gasteiger partial charge in [0, 0.05) is 32.6 Å². The minimum atomic E-state index is -0.551. The molecule has 8 nitrogen and oxygen atoms in total. The van der Waals surface area contributed by atoms with Gasteiger partial charge in [-0.15, -0.1) is 0 Å². The first-order valence-electron chi connectivity index (χ1n) is 12.3. The molecule has 0 aliphatic heterocycles. The Morgan fingerprint density at radius 3 is 2.62 bits per heavy atom. The van der Waals surface area contributed by atoms with Gasteiger partial charge in [-0.05, 0) is 56.3 Å². The first-order chi connectivity index (χ1) is 18.9. The predicted molar refractivity (Wildman–Crippen MR) is 153 cm³/mol. The summed E-state index contributed by atoms with van der Waals surface area (Å²) in [4.78, 5) is 30.8.